The number of benzene rings is 1. The molecule has 0 fully saturated rings. The number of hydrogen-bond donors (Lipinski definition) is 5. The van der Waals surface area contributed by atoms with Crippen LogP contribution in [0.15, 0.2) is 6.07 Å². The zero-order valence-corrected chi connectivity index (χ0v) is 9.48. The zero-order chi connectivity index (χ0) is 13.2. The maximum atomic E-state index is 10.4. The molecule has 0 saturated heterocycles. The van der Waals surface area contributed by atoms with Crippen LogP contribution >= 0.6 is 11.6 Å². The average molecular weight is 262 g/mol. The van der Waals surface area contributed by atoms with Gasteiger partial charge in [-0.05, 0) is 6.42 Å². The fraction of sp³-hybridized carbons (Fsp3) is 0.300. The van der Waals surface area contributed by atoms with Gasteiger partial charge in [-0.25, -0.2) is 0 Å². The SMILES string of the molecule is NC(CCC(=O)O)c1c(O)c(O)cc(O)c1Cl. The summed E-state index contributed by atoms with van der Waals surface area (Å²) in [4.78, 5) is 10.4. The van der Waals surface area contributed by atoms with Crippen LogP contribution in [0.25, 0.3) is 0 Å². The molecule has 1 unspecified atom stereocenters. The van der Waals surface area contributed by atoms with Crippen LogP contribution in [0.1, 0.15) is 24.4 Å². The third-order valence-electron chi connectivity index (χ3n) is 2.27. The molecule has 0 amide bonds. The molecule has 94 valence electrons. The lowest BCUT2D eigenvalue weighted by molar-refractivity contribution is -0.137. The molecule has 0 heterocycles. The van der Waals surface area contributed by atoms with Gasteiger partial charge in [-0.1, -0.05) is 11.6 Å². The van der Waals surface area contributed by atoms with Gasteiger partial charge in [0.05, 0.1) is 5.02 Å². The third-order valence-corrected chi connectivity index (χ3v) is 2.67. The van der Waals surface area contributed by atoms with E-state index >= 15 is 0 Å². The zero-order valence-electron chi connectivity index (χ0n) is 8.72. The summed E-state index contributed by atoms with van der Waals surface area (Å²) in [6.45, 7) is 0. The Morgan fingerprint density at radius 3 is 2.47 bits per heavy atom. The second-order valence-electron chi connectivity index (χ2n) is 3.53. The molecule has 0 aliphatic rings. The summed E-state index contributed by atoms with van der Waals surface area (Å²) < 4.78 is 0. The van der Waals surface area contributed by atoms with E-state index in [0.717, 1.165) is 6.07 Å². The third kappa shape index (κ3) is 2.92. The molecule has 0 aliphatic heterocycles. The number of phenolic OH excluding ortho intramolecular Hbond substituents is 3. The smallest absolute Gasteiger partial charge is 0.303 e. The molecule has 0 aliphatic carbocycles. The summed E-state index contributed by atoms with van der Waals surface area (Å²) in [6.07, 6.45) is -0.196. The van der Waals surface area contributed by atoms with E-state index in [0.29, 0.717) is 0 Å². The molecule has 6 nitrogen and oxygen atoms in total. The van der Waals surface area contributed by atoms with Crippen LogP contribution in [0.3, 0.4) is 0 Å². The fourth-order valence-corrected chi connectivity index (χ4v) is 1.69. The Kier molecular flexibility index (Phi) is 4.03. The number of rotatable bonds is 4. The van der Waals surface area contributed by atoms with E-state index in [-0.39, 0.29) is 23.4 Å². The van der Waals surface area contributed by atoms with Crippen LogP contribution in [-0.2, 0) is 4.79 Å². The standard InChI is InChI=1S/C10H12ClNO5/c11-9-5(13)3-6(14)10(17)8(9)4(12)1-2-7(15)16/h3-4,13-14,17H,1-2,12H2,(H,15,16). The lowest BCUT2D eigenvalue weighted by atomic mass is 10.0. The van der Waals surface area contributed by atoms with Gasteiger partial charge in [0.25, 0.3) is 0 Å². The maximum absolute atomic E-state index is 10.4. The first-order valence-corrected chi connectivity index (χ1v) is 5.13. The first-order chi connectivity index (χ1) is 7.84. The van der Waals surface area contributed by atoms with E-state index in [1.54, 1.807) is 0 Å². The lowest BCUT2D eigenvalue weighted by Crippen LogP contribution is -2.13. The molecule has 7 heteroatoms. The van der Waals surface area contributed by atoms with Crippen molar-refractivity contribution in [1.29, 1.82) is 0 Å². The lowest BCUT2D eigenvalue weighted by Gasteiger charge is -2.16. The number of aromatic hydroxyl groups is 3. The number of carbonyl (C=O) groups is 1. The molecule has 6 N–H and O–H groups in total. The Labute approximate surface area is 102 Å². The second-order valence-corrected chi connectivity index (χ2v) is 3.91. The van der Waals surface area contributed by atoms with Crippen molar-refractivity contribution in [1.82, 2.24) is 0 Å². The second kappa shape index (κ2) is 5.11. The highest BCUT2D eigenvalue weighted by Gasteiger charge is 2.21. The largest absolute Gasteiger partial charge is 0.506 e. The highest BCUT2D eigenvalue weighted by atomic mass is 35.5. The Morgan fingerprint density at radius 2 is 1.94 bits per heavy atom. The van der Waals surface area contributed by atoms with Crippen LogP contribution in [0.5, 0.6) is 17.2 Å². The molecule has 0 aromatic heterocycles. The number of carboxylic acids is 1. The molecular weight excluding hydrogens is 250 g/mol. The maximum Gasteiger partial charge on any atom is 0.303 e. The summed E-state index contributed by atoms with van der Waals surface area (Å²) in [5, 5.41) is 36.5. The summed E-state index contributed by atoms with van der Waals surface area (Å²) in [6, 6.07) is -0.0120. The van der Waals surface area contributed by atoms with Crippen LogP contribution in [0, 0.1) is 0 Å². The topological polar surface area (TPSA) is 124 Å². The molecular formula is C10H12ClNO5. The first-order valence-electron chi connectivity index (χ1n) is 4.75. The summed E-state index contributed by atoms with van der Waals surface area (Å²) in [7, 11) is 0. The minimum Gasteiger partial charge on any atom is -0.506 e. The van der Waals surface area contributed by atoms with Gasteiger partial charge in [-0.15, -0.1) is 0 Å². The Balaban J connectivity index is 3.07. The molecule has 1 aromatic carbocycles. The minimum absolute atomic E-state index is 0.0194. The van der Waals surface area contributed by atoms with Crippen molar-refractivity contribution in [2.45, 2.75) is 18.9 Å². The highest BCUT2D eigenvalue weighted by Crippen LogP contribution is 2.43. The van der Waals surface area contributed by atoms with Crippen molar-refractivity contribution in [2.24, 2.45) is 5.73 Å². The van der Waals surface area contributed by atoms with Crippen molar-refractivity contribution < 1.29 is 25.2 Å². The van der Waals surface area contributed by atoms with Gasteiger partial charge in [0.15, 0.2) is 11.5 Å². The van der Waals surface area contributed by atoms with Crippen molar-refractivity contribution >= 4 is 17.6 Å². The van der Waals surface area contributed by atoms with Crippen molar-refractivity contribution in [3.63, 3.8) is 0 Å². The molecule has 17 heavy (non-hydrogen) atoms. The van der Waals surface area contributed by atoms with Gasteiger partial charge in [0, 0.05) is 24.1 Å². The molecule has 0 saturated carbocycles. The number of halogens is 1. The van der Waals surface area contributed by atoms with Gasteiger partial charge in [0.2, 0.25) is 0 Å². The van der Waals surface area contributed by atoms with Crippen molar-refractivity contribution in [2.75, 3.05) is 0 Å². The number of carboxylic acid groups (broad SMARTS) is 1. The molecule has 0 radical (unpaired) electrons. The Morgan fingerprint density at radius 1 is 1.35 bits per heavy atom. The van der Waals surface area contributed by atoms with Crippen LogP contribution in [0.2, 0.25) is 5.02 Å². The van der Waals surface area contributed by atoms with Crippen LogP contribution in [0.4, 0.5) is 0 Å². The van der Waals surface area contributed by atoms with Crippen molar-refractivity contribution in [3.8, 4) is 17.2 Å². The number of nitrogens with two attached hydrogens (primary N) is 1. The van der Waals surface area contributed by atoms with E-state index in [4.69, 9.17) is 22.4 Å². The Hall–Kier alpha value is -1.66. The van der Waals surface area contributed by atoms with Gasteiger partial charge in [-0.2, -0.15) is 0 Å². The molecule has 1 atom stereocenters. The molecule has 1 rings (SSSR count). The summed E-state index contributed by atoms with van der Waals surface area (Å²) >= 11 is 5.73. The first kappa shape index (κ1) is 13.4. The fourth-order valence-electron chi connectivity index (χ4n) is 1.40. The number of phenols is 3. The normalized spacial score (nSPS) is 12.4. The molecule has 1 aromatic rings. The predicted molar refractivity (Wildman–Crippen MR) is 60.2 cm³/mol. The predicted octanol–water partition coefficient (Wildman–Crippen LogP) is 1.32. The summed E-state index contributed by atoms with van der Waals surface area (Å²) in [5.74, 6) is -2.58. The van der Waals surface area contributed by atoms with E-state index in [2.05, 4.69) is 0 Å². The van der Waals surface area contributed by atoms with E-state index in [9.17, 15) is 20.1 Å². The van der Waals surface area contributed by atoms with E-state index < -0.39 is 29.3 Å². The van der Waals surface area contributed by atoms with Gasteiger partial charge in [-0.3, -0.25) is 4.79 Å². The van der Waals surface area contributed by atoms with Crippen LogP contribution < -0.4 is 5.73 Å². The van der Waals surface area contributed by atoms with E-state index in [1.165, 1.54) is 0 Å². The minimum atomic E-state index is -1.04. The monoisotopic (exact) mass is 261 g/mol. The number of aliphatic carboxylic acids is 1. The van der Waals surface area contributed by atoms with Gasteiger partial charge in [0.1, 0.15) is 5.75 Å². The number of hydrogen-bond acceptors (Lipinski definition) is 5. The van der Waals surface area contributed by atoms with Crippen molar-refractivity contribution in [3.05, 3.63) is 16.7 Å². The van der Waals surface area contributed by atoms with Gasteiger partial charge >= 0.3 is 5.97 Å². The summed E-state index contributed by atoms with van der Waals surface area (Å²) in [5.41, 5.74) is 5.59. The highest BCUT2D eigenvalue weighted by molar-refractivity contribution is 6.33. The Bertz CT molecular complexity index is 423. The van der Waals surface area contributed by atoms with Crippen LogP contribution in [-0.4, -0.2) is 26.4 Å². The van der Waals surface area contributed by atoms with E-state index in [1.807, 2.05) is 0 Å². The average Bonchev–Trinajstić information content (AvgIpc) is 2.24. The molecule has 0 bridgehead atoms. The quantitative estimate of drug-likeness (QED) is 0.411. The molecule has 0 spiro atoms. The van der Waals surface area contributed by atoms with Gasteiger partial charge < -0.3 is 26.2 Å².